The number of amides is 1. The number of rotatable bonds is 9. The van der Waals surface area contributed by atoms with Gasteiger partial charge in [-0.2, -0.15) is 8.78 Å². The fourth-order valence-corrected chi connectivity index (χ4v) is 2.74. The first-order valence-electron chi connectivity index (χ1n) is 9.43. The van der Waals surface area contributed by atoms with Crippen LogP contribution in [0.1, 0.15) is 25.0 Å². The number of nitrogens with zero attached hydrogens (tertiary/aromatic N) is 1. The van der Waals surface area contributed by atoms with Crippen LogP contribution in [0, 0.1) is 0 Å². The van der Waals surface area contributed by atoms with E-state index in [4.69, 9.17) is 4.74 Å². The highest BCUT2D eigenvalue weighted by molar-refractivity contribution is 14.0. The summed E-state index contributed by atoms with van der Waals surface area (Å²) >= 11 is 0. The van der Waals surface area contributed by atoms with Crippen molar-refractivity contribution in [2.75, 3.05) is 19.0 Å². The Labute approximate surface area is 197 Å². The standard InChI is InChI=1S/C21H26F2N4O3.HI/c1-4-29-18-10-6-8-16(19(18)30-20(22)23)13-26-21(24-3)25-12-15-7-5-9-17(11-15)27-14(2)28;/h5-11,20H,4,12-13H2,1-3H3,(H,27,28)(H2,24,25,26);1H. The van der Waals surface area contributed by atoms with Gasteiger partial charge in [0, 0.05) is 38.3 Å². The first-order valence-corrected chi connectivity index (χ1v) is 9.43. The minimum atomic E-state index is -2.96. The molecule has 0 aliphatic rings. The van der Waals surface area contributed by atoms with Crippen molar-refractivity contribution < 1.29 is 23.0 Å². The van der Waals surface area contributed by atoms with Crippen LogP contribution in [0.4, 0.5) is 14.5 Å². The van der Waals surface area contributed by atoms with Crippen molar-refractivity contribution in [3.05, 3.63) is 53.6 Å². The van der Waals surface area contributed by atoms with E-state index in [9.17, 15) is 13.6 Å². The van der Waals surface area contributed by atoms with Crippen molar-refractivity contribution in [1.29, 1.82) is 0 Å². The summed E-state index contributed by atoms with van der Waals surface area (Å²) in [6.07, 6.45) is 0. The van der Waals surface area contributed by atoms with Crippen molar-refractivity contribution in [1.82, 2.24) is 10.6 Å². The number of alkyl halides is 2. The zero-order chi connectivity index (χ0) is 21.9. The summed E-state index contributed by atoms with van der Waals surface area (Å²) < 4.78 is 35.8. The van der Waals surface area contributed by atoms with Crippen LogP contribution in [0.5, 0.6) is 11.5 Å². The average molecular weight is 548 g/mol. The molecule has 7 nitrogen and oxygen atoms in total. The van der Waals surface area contributed by atoms with E-state index < -0.39 is 6.61 Å². The van der Waals surface area contributed by atoms with E-state index >= 15 is 0 Å². The molecule has 2 aromatic rings. The summed E-state index contributed by atoms with van der Waals surface area (Å²) in [5.74, 6) is 0.591. The highest BCUT2D eigenvalue weighted by atomic mass is 127. The maximum atomic E-state index is 12.8. The molecule has 0 saturated carbocycles. The molecule has 31 heavy (non-hydrogen) atoms. The number of anilines is 1. The molecular weight excluding hydrogens is 521 g/mol. The monoisotopic (exact) mass is 548 g/mol. The van der Waals surface area contributed by atoms with Crippen LogP contribution < -0.4 is 25.4 Å². The maximum Gasteiger partial charge on any atom is 0.387 e. The first-order chi connectivity index (χ1) is 14.4. The van der Waals surface area contributed by atoms with Gasteiger partial charge in [0.05, 0.1) is 6.61 Å². The summed E-state index contributed by atoms with van der Waals surface area (Å²) in [7, 11) is 1.61. The molecule has 0 aliphatic heterocycles. The number of benzene rings is 2. The molecule has 2 rings (SSSR count). The van der Waals surface area contributed by atoms with Crippen LogP contribution in [0.25, 0.3) is 0 Å². The Morgan fingerprint density at radius 1 is 1.13 bits per heavy atom. The van der Waals surface area contributed by atoms with Crippen molar-refractivity contribution in [3.8, 4) is 11.5 Å². The molecule has 0 radical (unpaired) electrons. The molecule has 0 aromatic heterocycles. The number of ether oxygens (including phenoxy) is 2. The molecule has 10 heteroatoms. The number of hydrogen-bond donors (Lipinski definition) is 3. The summed E-state index contributed by atoms with van der Waals surface area (Å²) in [6.45, 7) is 1.24. The third-order valence-electron chi connectivity index (χ3n) is 3.94. The second-order valence-electron chi connectivity index (χ2n) is 6.22. The minimum Gasteiger partial charge on any atom is -0.490 e. The lowest BCUT2D eigenvalue weighted by Crippen LogP contribution is -2.36. The van der Waals surface area contributed by atoms with Crippen molar-refractivity contribution >= 4 is 41.5 Å². The van der Waals surface area contributed by atoms with Crippen molar-refractivity contribution in [2.45, 2.75) is 33.5 Å². The van der Waals surface area contributed by atoms with Crippen molar-refractivity contribution in [3.63, 3.8) is 0 Å². The van der Waals surface area contributed by atoms with E-state index in [1.54, 1.807) is 38.2 Å². The number of aliphatic imine (C=N–C) groups is 1. The highest BCUT2D eigenvalue weighted by Gasteiger charge is 2.16. The van der Waals surface area contributed by atoms with Crippen LogP contribution >= 0.6 is 24.0 Å². The Morgan fingerprint density at radius 3 is 2.48 bits per heavy atom. The van der Waals surface area contributed by atoms with E-state index in [2.05, 4.69) is 25.7 Å². The van der Waals surface area contributed by atoms with Crippen LogP contribution in [-0.2, 0) is 17.9 Å². The quantitative estimate of drug-likeness (QED) is 0.250. The van der Waals surface area contributed by atoms with Crippen LogP contribution in [0.3, 0.4) is 0 Å². The van der Waals surface area contributed by atoms with Gasteiger partial charge in [0.2, 0.25) is 5.91 Å². The fourth-order valence-electron chi connectivity index (χ4n) is 2.74. The Morgan fingerprint density at radius 2 is 1.84 bits per heavy atom. The van der Waals surface area contributed by atoms with E-state index in [-0.39, 0.29) is 47.9 Å². The van der Waals surface area contributed by atoms with E-state index in [1.807, 2.05) is 18.2 Å². The largest absolute Gasteiger partial charge is 0.490 e. The van der Waals surface area contributed by atoms with Crippen LogP contribution in [0.15, 0.2) is 47.5 Å². The second kappa shape index (κ2) is 13.6. The van der Waals surface area contributed by atoms with E-state index in [1.165, 1.54) is 6.92 Å². The normalized spacial score (nSPS) is 10.8. The fraction of sp³-hybridized carbons (Fsp3) is 0.333. The van der Waals surface area contributed by atoms with Gasteiger partial charge in [-0.15, -0.1) is 24.0 Å². The van der Waals surface area contributed by atoms with Gasteiger partial charge in [0.25, 0.3) is 0 Å². The first kappa shape index (κ1) is 26.4. The zero-order valence-electron chi connectivity index (χ0n) is 17.6. The number of guanidine groups is 1. The molecule has 0 fully saturated rings. The van der Waals surface area contributed by atoms with Gasteiger partial charge >= 0.3 is 6.61 Å². The molecular formula is C21H27F2IN4O3. The molecule has 0 unspecified atom stereocenters. The Hall–Kier alpha value is -2.63. The van der Waals surface area contributed by atoms with Crippen LogP contribution in [0.2, 0.25) is 0 Å². The number of carbonyl (C=O) groups excluding carboxylic acids is 1. The lowest BCUT2D eigenvalue weighted by atomic mass is 10.2. The average Bonchev–Trinajstić information content (AvgIpc) is 2.69. The second-order valence-corrected chi connectivity index (χ2v) is 6.22. The molecule has 0 spiro atoms. The number of nitrogens with one attached hydrogen (secondary N) is 3. The molecule has 170 valence electrons. The summed E-state index contributed by atoms with van der Waals surface area (Å²) in [5.41, 5.74) is 2.15. The third kappa shape index (κ3) is 8.95. The lowest BCUT2D eigenvalue weighted by molar-refractivity contribution is -0.114. The molecule has 0 bridgehead atoms. The van der Waals surface area contributed by atoms with E-state index in [0.29, 0.717) is 30.4 Å². The smallest absolute Gasteiger partial charge is 0.387 e. The Balaban J connectivity index is 0.00000480. The number of hydrogen-bond acceptors (Lipinski definition) is 4. The topological polar surface area (TPSA) is 84.0 Å². The van der Waals surface area contributed by atoms with Gasteiger partial charge < -0.3 is 25.4 Å². The molecule has 3 N–H and O–H groups in total. The Kier molecular flexibility index (Phi) is 11.6. The molecule has 0 atom stereocenters. The summed E-state index contributed by atoms with van der Waals surface area (Å²) in [4.78, 5) is 15.3. The number of carbonyl (C=O) groups is 1. The van der Waals surface area contributed by atoms with Gasteiger partial charge in [0.1, 0.15) is 0 Å². The number of halogens is 3. The third-order valence-corrected chi connectivity index (χ3v) is 3.94. The predicted octanol–water partition coefficient (Wildman–Crippen LogP) is 4.13. The zero-order valence-corrected chi connectivity index (χ0v) is 19.9. The molecule has 1 amide bonds. The highest BCUT2D eigenvalue weighted by Crippen LogP contribution is 2.32. The maximum absolute atomic E-state index is 12.8. The van der Waals surface area contributed by atoms with Gasteiger partial charge in [-0.1, -0.05) is 24.3 Å². The van der Waals surface area contributed by atoms with Crippen molar-refractivity contribution in [2.24, 2.45) is 4.99 Å². The van der Waals surface area contributed by atoms with Crippen LogP contribution in [-0.4, -0.2) is 32.1 Å². The number of para-hydroxylation sites is 1. The van der Waals surface area contributed by atoms with E-state index in [0.717, 1.165) is 5.56 Å². The lowest BCUT2D eigenvalue weighted by Gasteiger charge is -2.17. The summed E-state index contributed by atoms with van der Waals surface area (Å²) in [5, 5.41) is 8.95. The molecule has 2 aromatic carbocycles. The molecule has 0 heterocycles. The molecule has 0 aliphatic carbocycles. The predicted molar refractivity (Wildman–Crippen MR) is 127 cm³/mol. The van der Waals surface area contributed by atoms with Gasteiger partial charge in [-0.25, -0.2) is 0 Å². The Bertz CT molecular complexity index is 881. The minimum absolute atomic E-state index is 0. The van der Waals surface area contributed by atoms with Gasteiger partial charge in [-0.05, 0) is 30.7 Å². The SMILES string of the molecule is CCOc1cccc(CNC(=NC)NCc2cccc(NC(C)=O)c2)c1OC(F)F.I. The summed E-state index contributed by atoms with van der Waals surface area (Å²) in [6, 6.07) is 12.4. The van der Waals surface area contributed by atoms with Gasteiger partial charge in [0.15, 0.2) is 17.5 Å². The molecule has 0 saturated heterocycles. The van der Waals surface area contributed by atoms with Gasteiger partial charge in [-0.3, -0.25) is 9.79 Å².